The van der Waals surface area contributed by atoms with Crippen molar-refractivity contribution < 1.29 is 88.4 Å². The van der Waals surface area contributed by atoms with Crippen molar-refractivity contribution in [1.82, 2.24) is 0 Å². The smallest absolute Gasteiger partial charge is 0.336 e. The van der Waals surface area contributed by atoms with Crippen LogP contribution in [0.5, 0.6) is 11.5 Å². The normalized spacial score (nSPS) is 35.0. The third-order valence-corrected chi connectivity index (χ3v) is 14.3. The number of phenols is 2. The molecule has 73 heavy (non-hydrogen) atoms. The molecule has 2 saturated heterocycles. The minimum absolute atomic E-state index is 0.0215. The van der Waals surface area contributed by atoms with Gasteiger partial charge >= 0.3 is 11.9 Å². The molecule has 0 bridgehead atoms. The van der Waals surface area contributed by atoms with Crippen LogP contribution in [0.2, 0.25) is 10.0 Å². The van der Waals surface area contributed by atoms with Crippen LogP contribution < -0.4 is 0 Å². The van der Waals surface area contributed by atoms with E-state index in [9.17, 15) is 55.2 Å². The number of ether oxygens (including phenoxy) is 7. The number of ketones is 1. The number of allylic oxidation sites excluding steroid dienone is 4. The Kier molecular flexibility index (Phi) is 22.7. The molecule has 0 radical (unpaired) electrons. The van der Waals surface area contributed by atoms with Crippen molar-refractivity contribution in [2.24, 2.45) is 17.8 Å². The molecular formula is C53H76Cl2O18. The molecule has 0 spiro atoms. The van der Waals surface area contributed by atoms with Gasteiger partial charge in [0.2, 0.25) is 0 Å². The summed E-state index contributed by atoms with van der Waals surface area (Å²) in [7, 11) is 1.24. The number of phenolic OH excluding ortho intramolecular Hbond substituents is 2. The lowest BCUT2D eigenvalue weighted by molar-refractivity contribution is -0.333. The highest BCUT2D eigenvalue weighted by Gasteiger charge is 2.53. The predicted octanol–water partition coefficient (Wildman–Crippen LogP) is 5.87. The van der Waals surface area contributed by atoms with Crippen LogP contribution in [0.15, 0.2) is 58.7 Å². The number of cyclic esters (lactones) is 1. The van der Waals surface area contributed by atoms with E-state index in [4.69, 9.17) is 56.4 Å². The lowest BCUT2D eigenvalue weighted by atomic mass is 9.81. The zero-order valence-electron chi connectivity index (χ0n) is 43.7. The molecule has 1 aromatic carbocycles. The fraction of sp³-hybridized carbons (Fsp3) is 0.642. The second-order valence-corrected chi connectivity index (χ2v) is 20.6. The number of carbonyl (C=O) groups is 3. The Morgan fingerprint density at radius 3 is 2.16 bits per heavy atom. The molecule has 410 valence electrons. The van der Waals surface area contributed by atoms with Gasteiger partial charge in [0.1, 0.15) is 46.9 Å². The Bertz CT molecular complexity index is 2250. The third-order valence-electron chi connectivity index (χ3n) is 13.6. The van der Waals surface area contributed by atoms with E-state index < -0.39 is 149 Å². The van der Waals surface area contributed by atoms with Gasteiger partial charge in [-0.25, -0.2) is 4.79 Å². The Morgan fingerprint density at radius 2 is 1.58 bits per heavy atom. The summed E-state index contributed by atoms with van der Waals surface area (Å²) >= 11 is 12.3. The van der Waals surface area contributed by atoms with Gasteiger partial charge in [-0.3, -0.25) is 9.59 Å². The van der Waals surface area contributed by atoms with Crippen molar-refractivity contribution in [3.05, 3.63) is 79.9 Å². The summed E-state index contributed by atoms with van der Waals surface area (Å²) in [6, 6.07) is 0. The summed E-state index contributed by atoms with van der Waals surface area (Å²) in [6.07, 6.45) is -6.46. The molecule has 3 aliphatic rings. The molecule has 4 rings (SSSR count). The number of aromatic hydroxyl groups is 2. The second kappa shape index (κ2) is 26.8. The van der Waals surface area contributed by atoms with Gasteiger partial charge < -0.3 is 74.0 Å². The Balaban J connectivity index is 1.62. The zero-order chi connectivity index (χ0) is 55.0. The van der Waals surface area contributed by atoms with Gasteiger partial charge in [0.05, 0.1) is 59.2 Å². The van der Waals surface area contributed by atoms with Crippen LogP contribution in [0.25, 0.3) is 0 Å². The standard InChI is InChI=1S/C53H76Cl2O18/c1-13-30-22-26(6)33(57)18-16-15-17-31(23-68-52-47(67-12)42(61)35(29(9)69-52)40(59)41(60)36-32(14-2)37(54)43(62)38(55)39(36)58)50(66)70-34(28(8)56)20-19-25(5)21-27(7)46(30)71-51-45(64)44(63)48(53(10,11)73-51)72-49(65)24(3)4/h15-17,19,21-22,24,28-30,33-35,40,42,44-48,51-52,56-59,61-64H,13-14,18,20,23H2,1-12H3/b16-15-,25-19-,26-22-,27-21-,31-17-. The summed E-state index contributed by atoms with van der Waals surface area (Å²) in [4.78, 5) is 40.3. The molecule has 15 unspecified atom stereocenters. The van der Waals surface area contributed by atoms with Crippen LogP contribution in [0.4, 0.5) is 0 Å². The number of Topliss-reactive ketones (excluding diaryl/α,β-unsaturated/α-hetero) is 1. The van der Waals surface area contributed by atoms with Gasteiger partial charge in [-0.2, -0.15) is 0 Å². The summed E-state index contributed by atoms with van der Waals surface area (Å²) < 4.78 is 41.9. The number of halogens is 2. The van der Waals surface area contributed by atoms with Crippen LogP contribution in [0.1, 0.15) is 111 Å². The number of aliphatic hydroxyl groups excluding tert-OH is 6. The van der Waals surface area contributed by atoms with Crippen molar-refractivity contribution in [1.29, 1.82) is 0 Å². The van der Waals surface area contributed by atoms with E-state index in [0.29, 0.717) is 23.1 Å². The highest BCUT2D eigenvalue weighted by Crippen LogP contribution is 2.46. The summed E-state index contributed by atoms with van der Waals surface area (Å²) in [6.45, 7) is 17.9. The SMILES string of the molecule is CCc1c(Cl)c(O)c(Cl)c(O)c1C(=O)C(O)C1C(C)OC(OC/C2=C/C=C\CC(O)/C(C)=C\C(CC)C(OC3OC(C)(C)C(OC(=O)C(C)C)C(O)C3O)/C(C)=C\C(C)=C/CC(C(C)O)OC2=O)C(OC)C1O. The van der Waals surface area contributed by atoms with Crippen LogP contribution in [0, 0.1) is 17.8 Å². The maximum atomic E-state index is 14.0. The quantitative estimate of drug-likeness (QED) is 0.0615. The minimum atomic E-state index is -2.00. The molecule has 0 aliphatic carbocycles. The van der Waals surface area contributed by atoms with Gasteiger partial charge in [0, 0.05) is 25.4 Å². The lowest BCUT2D eigenvalue weighted by Crippen LogP contribution is -2.64. The molecule has 3 heterocycles. The minimum Gasteiger partial charge on any atom is -0.505 e. The molecule has 1 aromatic rings. The first-order chi connectivity index (χ1) is 34.1. The first-order valence-corrected chi connectivity index (χ1v) is 25.4. The molecule has 0 amide bonds. The van der Waals surface area contributed by atoms with Gasteiger partial charge in [-0.15, -0.1) is 0 Å². The topological polar surface area (TPSA) is 278 Å². The van der Waals surface area contributed by atoms with Crippen molar-refractivity contribution in [3.8, 4) is 11.5 Å². The number of methoxy groups -OCH3 is 1. The molecule has 0 aromatic heterocycles. The predicted molar refractivity (Wildman–Crippen MR) is 270 cm³/mol. The van der Waals surface area contributed by atoms with Crippen LogP contribution >= 0.6 is 23.2 Å². The highest BCUT2D eigenvalue weighted by molar-refractivity contribution is 6.39. The lowest BCUT2D eigenvalue weighted by Gasteiger charge is -2.47. The van der Waals surface area contributed by atoms with Crippen LogP contribution in [-0.4, -0.2) is 158 Å². The average Bonchev–Trinajstić information content (AvgIpc) is 3.32. The molecule has 3 aliphatic heterocycles. The van der Waals surface area contributed by atoms with E-state index in [1.807, 2.05) is 26.0 Å². The monoisotopic (exact) mass is 1070 g/mol. The molecule has 0 saturated carbocycles. The highest BCUT2D eigenvalue weighted by atomic mass is 35.5. The summed E-state index contributed by atoms with van der Waals surface area (Å²) in [5, 5.41) is 88.1. The first kappa shape index (κ1) is 61.8. The second-order valence-electron chi connectivity index (χ2n) is 19.9. The van der Waals surface area contributed by atoms with Crippen molar-refractivity contribution >= 4 is 40.9 Å². The van der Waals surface area contributed by atoms with E-state index >= 15 is 0 Å². The average molecular weight is 1070 g/mol. The maximum absolute atomic E-state index is 14.0. The molecule has 8 N–H and O–H groups in total. The number of hydrogen-bond acceptors (Lipinski definition) is 18. The summed E-state index contributed by atoms with van der Waals surface area (Å²) in [5.74, 6) is -6.18. The van der Waals surface area contributed by atoms with Gasteiger partial charge in [-0.1, -0.05) is 86.9 Å². The van der Waals surface area contributed by atoms with Crippen molar-refractivity contribution in [2.75, 3.05) is 13.7 Å². The Hall–Kier alpha value is -3.73. The number of hydrogen-bond donors (Lipinski definition) is 8. The number of benzene rings is 1. The Labute approximate surface area is 437 Å². The maximum Gasteiger partial charge on any atom is 0.336 e. The summed E-state index contributed by atoms with van der Waals surface area (Å²) in [5.41, 5.74) is 0.203. The molecule has 15 atom stereocenters. The van der Waals surface area contributed by atoms with Crippen LogP contribution in [-0.2, 0) is 49.2 Å². The molecular weight excluding hydrogens is 995 g/mol. The third kappa shape index (κ3) is 14.8. The molecule has 2 fully saturated rings. The molecule has 18 nitrogen and oxygen atoms in total. The number of carbonyl (C=O) groups excluding carboxylic acids is 3. The van der Waals surface area contributed by atoms with E-state index in [2.05, 4.69) is 0 Å². The number of rotatable bonds is 14. The van der Waals surface area contributed by atoms with Gasteiger partial charge in [0.15, 0.2) is 30.2 Å². The van der Waals surface area contributed by atoms with E-state index in [0.717, 1.165) is 0 Å². The van der Waals surface area contributed by atoms with Gasteiger partial charge in [0.25, 0.3) is 0 Å². The fourth-order valence-electron chi connectivity index (χ4n) is 9.11. The van der Waals surface area contributed by atoms with Crippen molar-refractivity contribution in [2.45, 2.75) is 187 Å². The fourth-order valence-corrected chi connectivity index (χ4v) is 9.67. The van der Waals surface area contributed by atoms with Gasteiger partial charge in [-0.05, 0) is 90.5 Å². The first-order valence-electron chi connectivity index (χ1n) is 24.6. The molecule has 20 heteroatoms. The Morgan fingerprint density at radius 1 is 0.918 bits per heavy atom. The van der Waals surface area contributed by atoms with Crippen LogP contribution in [0.3, 0.4) is 0 Å². The number of aliphatic hydroxyl groups is 6. The van der Waals surface area contributed by atoms with E-state index in [1.54, 1.807) is 60.6 Å². The zero-order valence-corrected chi connectivity index (χ0v) is 45.2. The van der Waals surface area contributed by atoms with E-state index in [-0.39, 0.29) is 35.4 Å². The van der Waals surface area contributed by atoms with E-state index in [1.165, 1.54) is 33.1 Å². The van der Waals surface area contributed by atoms with Crippen molar-refractivity contribution in [3.63, 3.8) is 0 Å². The largest absolute Gasteiger partial charge is 0.505 e. The number of esters is 2.